The molecule has 0 aliphatic heterocycles. The molecule has 1 atom stereocenters. The zero-order valence-corrected chi connectivity index (χ0v) is 10.9. The SMILES string of the molecule is CC(NCc1ccco1)c1ccc(Cl)cc1Cl. The Hall–Kier alpha value is -0.960. The molecular formula is C13H13Cl2NO. The molecule has 4 heteroatoms. The summed E-state index contributed by atoms with van der Waals surface area (Å²) in [6, 6.07) is 9.48. The van der Waals surface area contributed by atoms with Gasteiger partial charge in [0.2, 0.25) is 0 Å². The molecule has 0 amide bonds. The minimum Gasteiger partial charge on any atom is -0.468 e. The molecule has 0 fully saturated rings. The Kier molecular flexibility index (Phi) is 4.11. The molecule has 0 saturated heterocycles. The Balaban J connectivity index is 2.01. The van der Waals surface area contributed by atoms with E-state index in [9.17, 15) is 0 Å². The fraction of sp³-hybridized carbons (Fsp3) is 0.231. The van der Waals surface area contributed by atoms with Gasteiger partial charge in [0, 0.05) is 16.1 Å². The molecular weight excluding hydrogens is 257 g/mol. The molecule has 0 radical (unpaired) electrons. The van der Waals surface area contributed by atoms with Gasteiger partial charge in [-0.3, -0.25) is 0 Å². The van der Waals surface area contributed by atoms with Gasteiger partial charge >= 0.3 is 0 Å². The molecule has 1 aromatic carbocycles. The Morgan fingerprint density at radius 2 is 2.12 bits per heavy atom. The van der Waals surface area contributed by atoms with Crippen LogP contribution in [0.25, 0.3) is 0 Å². The monoisotopic (exact) mass is 269 g/mol. The van der Waals surface area contributed by atoms with Gasteiger partial charge in [0.25, 0.3) is 0 Å². The number of benzene rings is 1. The molecule has 2 nitrogen and oxygen atoms in total. The van der Waals surface area contributed by atoms with Crippen molar-refractivity contribution in [3.05, 3.63) is 58.0 Å². The lowest BCUT2D eigenvalue weighted by Gasteiger charge is -2.15. The van der Waals surface area contributed by atoms with E-state index in [4.69, 9.17) is 27.6 Å². The van der Waals surface area contributed by atoms with Crippen LogP contribution in [-0.2, 0) is 6.54 Å². The van der Waals surface area contributed by atoms with Crippen molar-refractivity contribution in [2.24, 2.45) is 0 Å². The summed E-state index contributed by atoms with van der Waals surface area (Å²) < 4.78 is 5.25. The average Bonchev–Trinajstić information content (AvgIpc) is 2.78. The van der Waals surface area contributed by atoms with Crippen LogP contribution in [0.4, 0.5) is 0 Å². The van der Waals surface area contributed by atoms with Gasteiger partial charge in [-0.15, -0.1) is 0 Å². The molecule has 0 aliphatic carbocycles. The molecule has 0 aliphatic rings. The van der Waals surface area contributed by atoms with Crippen LogP contribution in [0.5, 0.6) is 0 Å². The highest BCUT2D eigenvalue weighted by molar-refractivity contribution is 6.35. The maximum atomic E-state index is 6.14. The smallest absolute Gasteiger partial charge is 0.117 e. The molecule has 1 heterocycles. The number of halogens is 2. The lowest BCUT2D eigenvalue weighted by molar-refractivity contribution is 0.460. The third-order valence-corrected chi connectivity index (χ3v) is 3.15. The topological polar surface area (TPSA) is 25.2 Å². The quantitative estimate of drug-likeness (QED) is 0.888. The molecule has 1 N–H and O–H groups in total. The van der Waals surface area contributed by atoms with Gasteiger partial charge in [-0.25, -0.2) is 0 Å². The van der Waals surface area contributed by atoms with Gasteiger partial charge < -0.3 is 9.73 Å². The molecule has 0 saturated carbocycles. The Labute approximate surface area is 111 Å². The van der Waals surface area contributed by atoms with Gasteiger partial charge in [-0.1, -0.05) is 29.3 Å². The van der Waals surface area contributed by atoms with Crippen molar-refractivity contribution >= 4 is 23.2 Å². The number of furan rings is 1. The van der Waals surface area contributed by atoms with Crippen LogP contribution in [0.1, 0.15) is 24.3 Å². The fourth-order valence-corrected chi connectivity index (χ4v) is 2.20. The van der Waals surface area contributed by atoms with Crippen molar-refractivity contribution < 1.29 is 4.42 Å². The second-order valence-electron chi connectivity index (χ2n) is 3.85. The lowest BCUT2D eigenvalue weighted by atomic mass is 10.1. The van der Waals surface area contributed by atoms with Gasteiger partial charge in [0.1, 0.15) is 5.76 Å². The predicted octanol–water partition coefficient (Wildman–Crippen LogP) is 4.44. The average molecular weight is 270 g/mol. The van der Waals surface area contributed by atoms with Crippen molar-refractivity contribution in [3.63, 3.8) is 0 Å². The molecule has 1 unspecified atom stereocenters. The zero-order valence-electron chi connectivity index (χ0n) is 9.41. The van der Waals surface area contributed by atoms with Crippen LogP contribution < -0.4 is 5.32 Å². The van der Waals surface area contributed by atoms with Gasteiger partial charge in [0.15, 0.2) is 0 Å². The van der Waals surface area contributed by atoms with Crippen LogP contribution in [0.15, 0.2) is 41.0 Å². The molecule has 0 spiro atoms. The number of hydrogen-bond donors (Lipinski definition) is 1. The standard InChI is InChI=1S/C13H13Cl2NO/c1-9(16-8-11-3-2-6-17-11)12-5-4-10(14)7-13(12)15/h2-7,9,16H,8H2,1H3. The highest BCUT2D eigenvalue weighted by atomic mass is 35.5. The molecule has 2 aromatic rings. The number of nitrogens with one attached hydrogen (secondary N) is 1. The zero-order chi connectivity index (χ0) is 12.3. The summed E-state index contributed by atoms with van der Waals surface area (Å²) in [4.78, 5) is 0. The predicted molar refractivity (Wildman–Crippen MR) is 70.4 cm³/mol. The summed E-state index contributed by atoms with van der Waals surface area (Å²) in [5.74, 6) is 0.905. The Morgan fingerprint density at radius 3 is 2.76 bits per heavy atom. The minimum absolute atomic E-state index is 0.143. The summed E-state index contributed by atoms with van der Waals surface area (Å²) >= 11 is 12.0. The third-order valence-electron chi connectivity index (χ3n) is 2.59. The van der Waals surface area contributed by atoms with Gasteiger partial charge in [0.05, 0.1) is 12.8 Å². The number of hydrogen-bond acceptors (Lipinski definition) is 2. The Morgan fingerprint density at radius 1 is 1.29 bits per heavy atom. The molecule has 2 rings (SSSR count). The Bertz CT molecular complexity index is 482. The maximum absolute atomic E-state index is 6.14. The van der Waals surface area contributed by atoms with E-state index >= 15 is 0 Å². The van der Waals surface area contributed by atoms with Crippen LogP contribution in [0.2, 0.25) is 10.0 Å². The van der Waals surface area contributed by atoms with E-state index in [-0.39, 0.29) is 6.04 Å². The summed E-state index contributed by atoms with van der Waals surface area (Å²) in [5, 5.41) is 4.67. The summed E-state index contributed by atoms with van der Waals surface area (Å²) in [6.07, 6.45) is 1.66. The molecule has 17 heavy (non-hydrogen) atoms. The van der Waals surface area contributed by atoms with E-state index in [1.807, 2.05) is 24.3 Å². The molecule has 0 bridgehead atoms. The maximum Gasteiger partial charge on any atom is 0.117 e. The van der Waals surface area contributed by atoms with Gasteiger partial charge in [-0.05, 0) is 36.8 Å². The largest absolute Gasteiger partial charge is 0.468 e. The van der Waals surface area contributed by atoms with E-state index in [1.165, 1.54) is 0 Å². The van der Waals surface area contributed by atoms with Crippen molar-refractivity contribution in [2.75, 3.05) is 0 Å². The first-order chi connectivity index (χ1) is 8.16. The second-order valence-corrected chi connectivity index (χ2v) is 4.69. The van der Waals surface area contributed by atoms with Crippen molar-refractivity contribution in [1.82, 2.24) is 5.32 Å². The highest BCUT2D eigenvalue weighted by Crippen LogP contribution is 2.26. The lowest BCUT2D eigenvalue weighted by Crippen LogP contribution is -2.18. The van der Waals surface area contributed by atoms with Crippen LogP contribution in [0, 0.1) is 0 Å². The van der Waals surface area contributed by atoms with Crippen molar-refractivity contribution in [1.29, 1.82) is 0 Å². The molecule has 1 aromatic heterocycles. The summed E-state index contributed by atoms with van der Waals surface area (Å²) in [6.45, 7) is 2.73. The van der Waals surface area contributed by atoms with E-state index in [1.54, 1.807) is 12.3 Å². The van der Waals surface area contributed by atoms with E-state index in [2.05, 4.69) is 12.2 Å². The second kappa shape index (κ2) is 5.58. The highest BCUT2D eigenvalue weighted by Gasteiger charge is 2.09. The minimum atomic E-state index is 0.143. The summed E-state index contributed by atoms with van der Waals surface area (Å²) in [5.41, 5.74) is 1.03. The van der Waals surface area contributed by atoms with Crippen LogP contribution in [0.3, 0.4) is 0 Å². The van der Waals surface area contributed by atoms with Crippen LogP contribution in [-0.4, -0.2) is 0 Å². The van der Waals surface area contributed by atoms with E-state index in [0.29, 0.717) is 16.6 Å². The summed E-state index contributed by atoms with van der Waals surface area (Å²) in [7, 11) is 0. The van der Waals surface area contributed by atoms with Crippen LogP contribution >= 0.6 is 23.2 Å². The third kappa shape index (κ3) is 3.25. The van der Waals surface area contributed by atoms with E-state index in [0.717, 1.165) is 11.3 Å². The first-order valence-corrected chi connectivity index (χ1v) is 6.13. The number of rotatable bonds is 4. The first kappa shape index (κ1) is 12.5. The van der Waals surface area contributed by atoms with Crippen molar-refractivity contribution in [3.8, 4) is 0 Å². The first-order valence-electron chi connectivity index (χ1n) is 5.37. The fourth-order valence-electron chi connectivity index (χ4n) is 1.63. The van der Waals surface area contributed by atoms with E-state index < -0.39 is 0 Å². The molecule has 90 valence electrons. The normalized spacial score (nSPS) is 12.6. The van der Waals surface area contributed by atoms with Gasteiger partial charge in [-0.2, -0.15) is 0 Å². The van der Waals surface area contributed by atoms with Crippen molar-refractivity contribution in [2.45, 2.75) is 19.5 Å².